The molecule has 0 spiro atoms. The Bertz CT molecular complexity index is 856. The van der Waals surface area contributed by atoms with Gasteiger partial charge in [0.1, 0.15) is 5.75 Å². The van der Waals surface area contributed by atoms with Crippen molar-refractivity contribution in [2.45, 2.75) is 25.5 Å². The van der Waals surface area contributed by atoms with E-state index in [9.17, 15) is 18.7 Å². The fraction of sp³-hybridized carbons (Fsp3) is 0.353. The minimum atomic E-state index is -3.10. The molecule has 1 N–H and O–H groups in total. The molecule has 3 rings (SSSR count). The molecule has 1 aliphatic rings. The molecule has 2 heterocycles. The Balaban J connectivity index is 1.94. The van der Waals surface area contributed by atoms with Gasteiger partial charge in [0.05, 0.1) is 19.4 Å². The van der Waals surface area contributed by atoms with Crippen molar-refractivity contribution >= 4 is 28.1 Å². The van der Waals surface area contributed by atoms with Gasteiger partial charge in [0.2, 0.25) is 10.9 Å². The third kappa shape index (κ3) is 3.62. The number of hydrazone groups is 1. The summed E-state index contributed by atoms with van der Waals surface area (Å²) in [5, 5.41) is 16.8. The van der Waals surface area contributed by atoms with Crippen molar-refractivity contribution in [1.29, 1.82) is 0 Å². The first kappa shape index (κ1) is 19.2. The van der Waals surface area contributed by atoms with Gasteiger partial charge in [-0.25, -0.2) is 23.6 Å². The van der Waals surface area contributed by atoms with Gasteiger partial charge in [-0.3, -0.25) is 0 Å². The van der Waals surface area contributed by atoms with Gasteiger partial charge in [0.25, 0.3) is 6.43 Å². The summed E-state index contributed by atoms with van der Waals surface area (Å²) >= 11 is 0.918. The highest BCUT2D eigenvalue weighted by Crippen LogP contribution is 2.38. The molecule has 2 aromatic rings. The second kappa shape index (κ2) is 7.57. The van der Waals surface area contributed by atoms with E-state index in [1.165, 1.54) is 12.5 Å². The second-order valence-corrected chi connectivity index (χ2v) is 6.52. The monoisotopic (exact) mass is 397 g/mol. The van der Waals surface area contributed by atoms with E-state index in [0.717, 1.165) is 16.3 Å². The van der Waals surface area contributed by atoms with Crippen LogP contribution in [0.4, 0.5) is 13.9 Å². The Labute approximate surface area is 157 Å². The zero-order valence-electron chi connectivity index (χ0n) is 14.6. The predicted molar refractivity (Wildman–Crippen MR) is 95.7 cm³/mol. The van der Waals surface area contributed by atoms with Gasteiger partial charge >= 0.3 is 5.97 Å². The molecule has 0 aliphatic carbocycles. The molecule has 1 atom stereocenters. The highest BCUT2D eigenvalue weighted by atomic mass is 32.1. The fourth-order valence-corrected chi connectivity index (χ4v) is 3.36. The maximum Gasteiger partial charge on any atom is 0.357 e. The first-order chi connectivity index (χ1) is 12.9. The molecule has 0 saturated carbocycles. The number of methoxy groups -OCH3 is 1. The summed E-state index contributed by atoms with van der Waals surface area (Å²) in [4.78, 5) is 15.8. The van der Waals surface area contributed by atoms with Gasteiger partial charge in [-0.2, -0.15) is 5.10 Å². The van der Waals surface area contributed by atoms with Crippen LogP contribution in [0.15, 0.2) is 34.7 Å². The maximum absolute atomic E-state index is 13.7. The van der Waals surface area contributed by atoms with Gasteiger partial charge < -0.3 is 14.6 Å². The standard InChI is InChI=1S/C17H17F2N3O4S/c1-3-26-14(23)13-9-27-16(20-13)22-17(24,15(18)19)8-12(21-22)10-4-6-11(25-2)7-5-10/h4-7,9,15,24H,3,8H2,1-2H3/t17-/m1/s1. The molecule has 1 aromatic heterocycles. The highest BCUT2D eigenvalue weighted by molar-refractivity contribution is 7.14. The van der Waals surface area contributed by atoms with Crippen LogP contribution >= 0.6 is 11.3 Å². The normalized spacial score (nSPS) is 19.3. The van der Waals surface area contributed by atoms with Gasteiger partial charge in [-0.1, -0.05) is 0 Å². The lowest BCUT2D eigenvalue weighted by molar-refractivity contribution is -0.0867. The van der Waals surface area contributed by atoms with Crippen LogP contribution in [0.1, 0.15) is 29.4 Å². The number of hydrogen-bond acceptors (Lipinski definition) is 8. The van der Waals surface area contributed by atoms with E-state index in [1.807, 2.05) is 0 Å². The summed E-state index contributed by atoms with van der Waals surface area (Å²) in [7, 11) is 1.52. The summed E-state index contributed by atoms with van der Waals surface area (Å²) in [6, 6.07) is 6.67. The number of carbonyl (C=O) groups is 1. The minimum Gasteiger partial charge on any atom is -0.497 e. The van der Waals surface area contributed by atoms with Gasteiger partial charge in [-0.15, -0.1) is 11.3 Å². The Kier molecular flexibility index (Phi) is 5.38. The SMILES string of the molecule is CCOC(=O)c1csc(N2N=C(c3ccc(OC)cc3)C[C@@]2(O)C(F)F)n1. The van der Waals surface area contributed by atoms with Gasteiger partial charge in [-0.05, 0) is 36.8 Å². The number of aliphatic hydroxyl groups is 1. The molecule has 7 nitrogen and oxygen atoms in total. The van der Waals surface area contributed by atoms with Crippen molar-refractivity contribution in [2.24, 2.45) is 5.10 Å². The lowest BCUT2D eigenvalue weighted by Crippen LogP contribution is -2.49. The zero-order valence-corrected chi connectivity index (χ0v) is 15.4. The average molecular weight is 397 g/mol. The summed E-state index contributed by atoms with van der Waals surface area (Å²) < 4.78 is 37.2. The van der Waals surface area contributed by atoms with Crippen molar-refractivity contribution in [3.05, 3.63) is 40.9 Å². The van der Waals surface area contributed by atoms with Crippen molar-refractivity contribution in [3.63, 3.8) is 0 Å². The molecule has 0 fully saturated rings. The van der Waals surface area contributed by atoms with Crippen molar-refractivity contribution in [1.82, 2.24) is 4.98 Å². The molecular weight excluding hydrogens is 380 g/mol. The predicted octanol–water partition coefficient (Wildman–Crippen LogP) is 2.90. The molecule has 10 heteroatoms. The summed E-state index contributed by atoms with van der Waals surface area (Å²) in [5.41, 5.74) is -1.74. The number of hydrogen-bond donors (Lipinski definition) is 1. The average Bonchev–Trinajstić information content (AvgIpc) is 3.27. The summed E-state index contributed by atoms with van der Waals surface area (Å²) in [6.45, 7) is 1.81. The largest absolute Gasteiger partial charge is 0.497 e. The van der Waals surface area contributed by atoms with E-state index in [4.69, 9.17) is 9.47 Å². The minimum absolute atomic E-state index is 0.0237. The summed E-state index contributed by atoms with van der Waals surface area (Å²) in [5.74, 6) is -0.0588. The van der Waals surface area contributed by atoms with E-state index in [2.05, 4.69) is 10.1 Å². The number of carbonyl (C=O) groups excluding carboxylic acids is 1. The third-order valence-corrected chi connectivity index (χ3v) is 4.76. The van der Waals surface area contributed by atoms with Crippen LogP contribution in [0.2, 0.25) is 0 Å². The second-order valence-electron chi connectivity index (χ2n) is 5.68. The molecular formula is C17H17F2N3O4S. The Morgan fingerprint density at radius 3 is 2.70 bits per heavy atom. The third-order valence-electron chi connectivity index (χ3n) is 3.95. The van der Waals surface area contributed by atoms with Crippen molar-refractivity contribution < 1.29 is 28.2 Å². The molecule has 0 bridgehead atoms. The van der Waals surface area contributed by atoms with Gasteiger partial charge in [0, 0.05) is 11.8 Å². The zero-order chi connectivity index (χ0) is 19.6. The molecule has 0 saturated heterocycles. The molecule has 0 unspecified atom stereocenters. The number of thiazole rings is 1. The molecule has 1 aliphatic heterocycles. The topological polar surface area (TPSA) is 84.2 Å². The molecule has 27 heavy (non-hydrogen) atoms. The highest BCUT2D eigenvalue weighted by Gasteiger charge is 2.51. The molecule has 0 radical (unpaired) electrons. The van der Waals surface area contributed by atoms with Crippen LogP contribution in [0.25, 0.3) is 0 Å². The Hall–Kier alpha value is -2.59. The van der Waals surface area contributed by atoms with E-state index < -0.39 is 24.5 Å². The number of halogens is 2. The number of rotatable bonds is 6. The number of aromatic nitrogens is 1. The lowest BCUT2D eigenvalue weighted by Gasteiger charge is -2.29. The number of anilines is 1. The van der Waals surface area contributed by atoms with E-state index >= 15 is 0 Å². The van der Waals surface area contributed by atoms with Crippen molar-refractivity contribution in [3.8, 4) is 5.75 Å². The van der Waals surface area contributed by atoms with Crippen LogP contribution in [0.3, 0.4) is 0 Å². The van der Waals surface area contributed by atoms with E-state index in [-0.39, 0.29) is 23.1 Å². The number of benzene rings is 1. The maximum atomic E-state index is 13.7. The van der Waals surface area contributed by atoms with Crippen LogP contribution in [0.5, 0.6) is 5.75 Å². The number of esters is 1. The first-order valence-corrected chi connectivity index (χ1v) is 8.92. The number of ether oxygens (including phenoxy) is 2. The van der Waals surface area contributed by atoms with Gasteiger partial charge in [0.15, 0.2) is 5.69 Å². The van der Waals surface area contributed by atoms with E-state index in [0.29, 0.717) is 11.3 Å². The van der Waals surface area contributed by atoms with E-state index in [1.54, 1.807) is 31.2 Å². The lowest BCUT2D eigenvalue weighted by atomic mass is 10.0. The smallest absolute Gasteiger partial charge is 0.357 e. The summed E-state index contributed by atoms with van der Waals surface area (Å²) in [6.07, 6.45) is -3.50. The Morgan fingerprint density at radius 1 is 1.41 bits per heavy atom. The fourth-order valence-electron chi connectivity index (χ4n) is 2.55. The molecule has 144 valence electrons. The number of nitrogens with zero attached hydrogens (tertiary/aromatic N) is 3. The van der Waals surface area contributed by atoms with Crippen LogP contribution in [-0.4, -0.2) is 47.6 Å². The van der Waals surface area contributed by atoms with Crippen molar-refractivity contribution in [2.75, 3.05) is 18.7 Å². The first-order valence-electron chi connectivity index (χ1n) is 8.04. The molecule has 0 amide bonds. The van der Waals surface area contributed by atoms with Crippen LogP contribution < -0.4 is 9.75 Å². The number of alkyl halides is 2. The Morgan fingerprint density at radius 2 is 2.11 bits per heavy atom. The molecule has 1 aromatic carbocycles. The van der Waals surface area contributed by atoms with Crippen LogP contribution in [0, 0.1) is 0 Å². The van der Waals surface area contributed by atoms with Crippen LogP contribution in [-0.2, 0) is 4.74 Å². The quantitative estimate of drug-likeness (QED) is 0.755.